The Bertz CT molecular complexity index is 1000. The van der Waals surface area contributed by atoms with Crippen molar-refractivity contribution in [2.24, 2.45) is 0 Å². The van der Waals surface area contributed by atoms with Crippen LogP contribution >= 0.6 is 11.6 Å². The molecule has 0 bridgehead atoms. The molecule has 1 heterocycles. The van der Waals surface area contributed by atoms with Gasteiger partial charge in [0, 0.05) is 6.07 Å². The predicted octanol–water partition coefficient (Wildman–Crippen LogP) is 1.20. The van der Waals surface area contributed by atoms with Crippen LogP contribution in [0.2, 0.25) is 5.02 Å². The molecule has 2 rings (SSSR count). The third-order valence-corrected chi connectivity index (χ3v) is 3.61. The zero-order chi connectivity index (χ0) is 19.8. The quantitative estimate of drug-likeness (QED) is 0.514. The Hall–Kier alpha value is -2.51. The first-order valence-corrected chi connectivity index (χ1v) is 7.75. The number of halogens is 5. The lowest BCUT2D eigenvalue weighted by molar-refractivity contribution is -0.141. The molecule has 1 atom stereocenters. The van der Waals surface area contributed by atoms with E-state index in [4.69, 9.17) is 16.2 Å². The van der Waals surface area contributed by atoms with Gasteiger partial charge in [0.2, 0.25) is 0 Å². The number of benzene rings is 1. The first-order chi connectivity index (χ1) is 11.9. The highest BCUT2D eigenvalue weighted by molar-refractivity contribution is 7.77. The summed E-state index contributed by atoms with van der Waals surface area (Å²) in [5.41, 5.74) is -6.28. The van der Waals surface area contributed by atoms with E-state index in [2.05, 4.69) is 0 Å². The summed E-state index contributed by atoms with van der Waals surface area (Å²) >= 11 is 2.83. The maximum atomic E-state index is 14.1. The minimum absolute atomic E-state index is 0.00753. The summed E-state index contributed by atoms with van der Waals surface area (Å²) in [5.74, 6) is -2.56. The Balaban J connectivity index is 2.70. The fourth-order valence-electron chi connectivity index (χ4n) is 1.89. The summed E-state index contributed by atoms with van der Waals surface area (Å²) in [4.78, 5) is 36.8. The first kappa shape index (κ1) is 19.8. The Morgan fingerprint density at radius 3 is 2.38 bits per heavy atom. The lowest BCUT2D eigenvalue weighted by Gasteiger charge is -2.11. The average molecular weight is 416 g/mol. The molecule has 1 aromatic carbocycles. The van der Waals surface area contributed by atoms with E-state index in [0.717, 1.165) is 0 Å². The summed E-state index contributed by atoms with van der Waals surface area (Å²) in [6, 6.07) is 1.11. The van der Waals surface area contributed by atoms with Crippen molar-refractivity contribution in [2.75, 3.05) is 0 Å². The second kappa shape index (κ2) is 7.01. The number of rotatable bonds is 3. The molecule has 26 heavy (non-hydrogen) atoms. The maximum Gasteiger partial charge on any atom is 0.431 e. The second-order valence-electron chi connectivity index (χ2n) is 4.62. The highest BCUT2D eigenvalue weighted by Gasteiger charge is 2.33. The van der Waals surface area contributed by atoms with Crippen LogP contribution in [0.15, 0.2) is 27.8 Å². The van der Waals surface area contributed by atoms with Gasteiger partial charge in [-0.25, -0.2) is 22.7 Å². The van der Waals surface area contributed by atoms with Gasteiger partial charge in [-0.15, -0.1) is 0 Å². The zero-order valence-electron chi connectivity index (χ0n) is 12.1. The third kappa shape index (κ3) is 4.00. The number of H-pyrrole nitrogens is 1. The average Bonchev–Trinajstić information content (AvgIpc) is 2.46. The lowest BCUT2D eigenvalue weighted by atomic mass is 10.1. The number of carbonyl (C=O) groups excluding carboxylic acids is 1. The molecule has 3 N–H and O–H groups in total. The number of carbonyl (C=O) groups is 1. The van der Waals surface area contributed by atoms with Crippen molar-refractivity contribution in [3.8, 4) is 5.69 Å². The van der Waals surface area contributed by atoms with E-state index in [1.165, 1.54) is 9.71 Å². The third-order valence-electron chi connectivity index (χ3n) is 2.94. The van der Waals surface area contributed by atoms with Crippen molar-refractivity contribution in [3.05, 3.63) is 61.1 Å². The van der Waals surface area contributed by atoms with Crippen LogP contribution < -0.4 is 16.0 Å². The van der Waals surface area contributed by atoms with Crippen molar-refractivity contribution in [3.63, 3.8) is 0 Å². The number of hydrogen-bond acceptors (Lipinski definition) is 4. The Kier molecular flexibility index (Phi) is 5.34. The summed E-state index contributed by atoms with van der Waals surface area (Å²) in [6.07, 6.45) is -5.02. The van der Waals surface area contributed by atoms with Crippen LogP contribution in [-0.4, -0.2) is 24.2 Å². The molecule has 140 valence electrons. The van der Waals surface area contributed by atoms with Crippen LogP contribution in [0.3, 0.4) is 0 Å². The topological polar surface area (TPSA) is 121 Å². The van der Waals surface area contributed by atoms with Gasteiger partial charge in [-0.05, 0) is 12.1 Å². The molecule has 2 aromatic rings. The lowest BCUT2D eigenvalue weighted by Crippen LogP contribution is -2.36. The van der Waals surface area contributed by atoms with Gasteiger partial charge in [-0.3, -0.25) is 14.1 Å². The maximum absolute atomic E-state index is 14.1. The van der Waals surface area contributed by atoms with Crippen LogP contribution in [0.1, 0.15) is 16.1 Å². The van der Waals surface area contributed by atoms with Crippen LogP contribution in [0.5, 0.6) is 0 Å². The molecule has 0 aliphatic heterocycles. The van der Waals surface area contributed by atoms with Crippen LogP contribution in [-0.2, 0) is 17.4 Å². The summed E-state index contributed by atoms with van der Waals surface area (Å²) in [6.45, 7) is 0. The number of hydrogen-bond donors (Lipinski definition) is 3. The molecule has 1 aromatic heterocycles. The van der Waals surface area contributed by atoms with Crippen molar-refractivity contribution in [1.82, 2.24) is 14.3 Å². The van der Waals surface area contributed by atoms with Gasteiger partial charge in [0.1, 0.15) is 11.5 Å². The summed E-state index contributed by atoms with van der Waals surface area (Å²) < 4.78 is 72.6. The molecule has 0 aliphatic carbocycles. The Morgan fingerprint density at radius 1 is 1.27 bits per heavy atom. The van der Waals surface area contributed by atoms with E-state index in [9.17, 15) is 36.2 Å². The predicted molar refractivity (Wildman–Crippen MR) is 80.9 cm³/mol. The zero-order valence-corrected chi connectivity index (χ0v) is 13.6. The molecule has 0 spiro atoms. The molecular weight excluding hydrogens is 410 g/mol. The highest BCUT2D eigenvalue weighted by Crippen LogP contribution is 2.26. The van der Waals surface area contributed by atoms with Gasteiger partial charge in [-0.1, -0.05) is 11.6 Å². The Morgan fingerprint density at radius 2 is 1.88 bits per heavy atom. The number of nitrogens with zero attached hydrogens (tertiary/aromatic N) is 1. The number of aromatic nitrogens is 2. The van der Waals surface area contributed by atoms with Gasteiger partial charge < -0.3 is 4.98 Å². The Labute approximate surface area is 147 Å². The number of aromatic amines is 1. The van der Waals surface area contributed by atoms with Gasteiger partial charge in [0.05, 0.1) is 16.3 Å². The molecule has 0 saturated heterocycles. The fourth-order valence-corrected chi connectivity index (χ4v) is 2.40. The standard InChI is InChI=1S/C12H6ClF4N3O5S/c13-5-2-6(14)7(1-4(5)10(22)19-26(24)25)20-9(21)3-8(12(15,16)17)18-11(20)23/h1-3H,(H,18,23)(H,19,22)(H,24,25). The van der Waals surface area contributed by atoms with E-state index in [-0.39, 0.29) is 10.6 Å². The number of nitrogens with one attached hydrogen (secondary N) is 2. The van der Waals surface area contributed by atoms with Crippen molar-refractivity contribution >= 4 is 28.8 Å². The normalized spacial score (nSPS) is 12.7. The van der Waals surface area contributed by atoms with Crippen molar-refractivity contribution in [2.45, 2.75) is 6.18 Å². The minimum Gasteiger partial charge on any atom is -0.303 e. The van der Waals surface area contributed by atoms with Gasteiger partial charge in [0.15, 0.2) is 0 Å². The molecule has 1 unspecified atom stereocenters. The largest absolute Gasteiger partial charge is 0.431 e. The summed E-state index contributed by atoms with van der Waals surface area (Å²) in [7, 11) is 0. The minimum atomic E-state index is -5.02. The van der Waals surface area contributed by atoms with Gasteiger partial charge in [0.25, 0.3) is 22.7 Å². The van der Waals surface area contributed by atoms with Crippen LogP contribution in [0, 0.1) is 5.82 Å². The number of alkyl halides is 3. The molecule has 0 radical (unpaired) electrons. The SMILES string of the molecule is O=C(NS(=O)O)c1cc(-n2c(=O)cc(C(F)(F)F)[nH]c2=O)c(F)cc1Cl. The molecular formula is C12H6ClF4N3O5S. The highest BCUT2D eigenvalue weighted by atomic mass is 35.5. The second-order valence-corrected chi connectivity index (χ2v) is 5.73. The van der Waals surface area contributed by atoms with E-state index < -0.39 is 62.4 Å². The fraction of sp³-hybridized carbons (Fsp3) is 0.0833. The van der Waals surface area contributed by atoms with E-state index in [1.54, 1.807) is 0 Å². The summed E-state index contributed by atoms with van der Waals surface area (Å²) in [5, 5.41) is -0.536. The number of amides is 1. The molecule has 0 saturated carbocycles. The van der Waals surface area contributed by atoms with E-state index in [0.29, 0.717) is 12.1 Å². The van der Waals surface area contributed by atoms with Gasteiger partial charge >= 0.3 is 11.9 Å². The van der Waals surface area contributed by atoms with Gasteiger partial charge in [-0.2, -0.15) is 13.2 Å². The van der Waals surface area contributed by atoms with E-state index >= 15 is 0 Å². The molecule has 14 heteroatoms. The molecule has 0 aliphatic rings. The van der Waals surface area contributed by atoms with E-state index in [1.807, 2.05) is 0 Å². The van der Waals surface area contributed by atoms with Crippen LogP contribution in [0.25, 0.3) is 5.69 Å². The first-order valence-electron chi connectivity index (χ1n) is 6.26. The molecule has 8 nitrogen and oxygen atoms in total. The smallest absolute Gasteiger partial charge is 0.303 e. The van der Waals surface area contributed by atoms with Crippen LogP contribution in [0.4, 0.5) is 17.6 Å². The van der Waals surface area contributed by atoms with Crippen molar-refractivity contribution < 1.29 is 31.1 Å². The monoisotopic (exact) mass is 415 g/mol. The van der Waals surface area contributed by atoms with Crippen molar-refractivity contribution in [1.29, 1.82) is 0 Å². The molecule has 1 amide bonds. The molecule has 0 fully saturated rings.